The summed E-state index contributed by atoms with van der Waals surface area (Å²) in [5.41, 5.74) is 9.87. The number of nitrogens with zero attached hydrogens (tertiary/aromatic N) is 2. The average molecular weight is 512 g/mol. The zero-order valence-corrected chi connectivity index (χ0v) is 20.0. The minimum Gasteiger partial charge on any atom is -0.480 e. The number of carbonyl (C=O) groups excluding carboxylic acids is 1. The first kappa shape index (κ1) is 25.9. The molecule has 0 spiro atoms. The Morgan fingerprint density at radius 1 is 1.28 bits per heavy atom. The van der Waals surface area contributed by atoms with E-state index in [2.05, 4.69) is 10.4 Å². The van der Waals surface area contributed by atoms with E-state index in [-0.39, 0.29) is 28.8 Å². The number of rotatable bonds is 6. The molecule has 1 saturated carbocycles. The van der Waals surface area contributed by atoms with Crippen LogP contribution in [0.2, 0.25) is 0 Å². The molecule has 196 valence electrons. The lowest BCUT2D eigenvalue weighted by Gasteiger charge is -2.30. The number of carboxylic acids is 1. The largest absolute Gasteiger partial charge is 0.480 e. The highest BCUT2D eigenvalue weighted by Gasteiger charge is 2.42. The number of benzene rings is 1. The van der Waals surface area contributed by atoms with Crippen LogP contribution in [0.3, 0.4) is 0 Å². The van der Waals surface area contributed by atoms with Gasteiger partial charge in [-0.2, -0.15) is 18.3 Å². The monoisotopic (exact) mass is 511 g/mol. The minimum absolute atomic E-state index is 0.00142. The van der Waals surface area contributed by atoms with Gasteiger partial charge in [0.15, 0.2) is 5.69 Å². The van der Waals surface area contributed by atoms with Crippen LogP contribution in [0.5, 0.6) is 0 Å². The number of nitrogens with two attached hydrogens (primary N) is 2. The average Bonchev–Trinajstić information content (AvgIpc) is 3.35. The Labute approximate surface area is 205 Å². The van der Waals surface area contributed by atoms with Gasteiger partial charge in [-0.3, -0.25) is 9.59 Å². The molecule has 2 aliphatic carbocycles. The quantitative estimate of drug-likeness (QED) is 0.437. The number of amides is 1. The third-order valence-corrected chi connectivity index (χ3v) is 7.28. The van der Waals surface area contributed by atoms with Crippen LogP contribution in [0.25, 0.3) is 5.69 Å². The third kappa shape index (κ3) is 4.78. The Hall–Kier alpha value is -3.15. The van der Waals surface area contributed by atoms with Crippen LogP contribution in [0, 0.1) is 17.2 Å². The second kappa shape index (κ2) is 9.06. The van der Waals surface area contributed by atoms with Gasteiger partial charge < -0.3 is 21.9 Å². The van der Waals surface area contributed by atoms with Crippen molar-refractivity contribution in [1.29, 1.82) is 0 Å². The molecule has 12 heteroatoms. The fourth-order valence-corrected chi connectivity index (χ4v) is 5.44. The first-order valence-corrected chi connectivity index (χ1v) is 11.8. The van der Waals surface area contributed by atoms with E-state index < -0.39 is 53.1 Å². The van der Waals surface area contributed by atoms with Crippen molar-refractivity contribution in [3.63, 3.8) is 0 Å². The highest BCUT2D eigenvalue weighted by molar-refractivity contribution is 5.99. The van der Waals surface area contributed by atoms with Crippen LogP contribution in [0.15, 0.2) is 12.1 Å². The Kier molecular flexibility index (Phi) is 6.52. The van der Waals surface area contributed by atoms with Crippen molar-refractivity contribution in [2.45, 2.75) is 70.6 Å². The van der Waals surface area contributed by atoms with Gasteiger partial charge in [0.1, 0.15) is 11.9 Å². The second-order valence-corrected chi connectivity index (χ2v) is 10.4. The molecule has 1 aromatic heterocycles. The fraction of sp³-hybridized carbons (Fsp3) is 0.542. The number of aromatic nitrogens is 2. The maximum atomic E-state index is 15.2. The van der Waals surface area contributed by atoms with E-state index in [4.69, 9.17) is 11.5 Å². The molecule has 1 fully saturated rings. The summed E-state index contributed by atoms with van der Waals surface area (Å²) in [5, 5.41) is 16.2. The van der Waals surface area contributed by atoms with E-state index in [1.165, 1.54) is 6.07 Å². The molecule has 1 aromatic carbocycles. The second-order valence-electron chi connectivity index (χ2n) is 10.4. The molecule has 4 rings (SSSR count). The first-order chi connectivity index (χ1) is 16.7. The van der Waals surface area contributed by atoms with Crippen molar-refractivity contribution in [3.05, 3.63) is 40.5 Å². The summed E-state index contributed by atoms with van der Waals surface area (Å²) in [7, 11) is 0. The molecule has 2 unspecified atom stereocenters. The zero-order valence-electron chi connectivity index (χ0n) is 20.0. The Morgan fingerprint density at radius 3 is 2.58 bits per heavy atom. The lowest BCUT2D eigenvalue weighted by molar-refractivity contribution is -0.142. The molecule has 6 N–H and O–H groups in total. The van der Waals surface area contributed by atoms with Crippen molar-refractivity contribution < 1.29 is 32.3 Å². The van der Waals surface area contributed by atoms with Crippen molar-refractivity contribution in [2.24, 2.45) is 22.8 Å². The molecule has 0 saturated heterocycles. The number of carboxylic acid groups (broad SMARTS) is 1. The molecule has 2 aliphatic rings. The summed E-state index contributed by atoms with van der Waals surface area (Å²) in [6, 6.07) is 0.597. The lowest BCUT2D eigenvalue weighted by atomic mass is 9.76. The molecule has 1 amide bonds. The Balaban J connectivity index is 1.83. The highest BCUT2D eigenvalue weighted by Crippen LogP contribution is 2.42. The van der Waals surface area contributed by atoms with Crippen LogP contribution in [0.1, 0.15) is 66.8 Å². The smallest absolute Gasteiger partial charge is 0.435 e. The first-order valence-electron chi connectivity index (χ1n) is 11.8. The molecule has 1 heterocycles. The summed E-state index contributed by atoms with van der Waals surface area (Å²) in [6.07, 6.45) is -1.98. The molecule has 0 aliphatic heterocycles. The molecular weight excluding hydrogens is 482 g/mol. The summed E-state index contributed by atoms with van der Waals surface area (Å²) >= 11 is 0. The number of hydrogen-bond donors (Lipinski definition) is 4. The van der Waals surface area contributed by atoms with Crippen molar-refractivity contribution >= 4 is 17.6 Å². The Morgan fingerprint density at radius 2 is 1.97 bits per heavy atom. The van der Waals surface area contributed by atoms with Crippen molar-refractivity contribution in [1.82, 2.24) is 9.78 Å². The number of hydrogen-bond acceptors (Lipinski definition) is 5. The molecule has 2 aromatic rings. The predicted octanol–water partition coefficient (Wildman–Crippen LogP) is 3.64. The van der Waals surface area contributed by atoms with Crippen molar-refractivity contribution in [2.75, 3.05) is 5.32 Å². The van der Waals surface area contributed by atoms with E-state index in [9.17, 15) is 27.9 Å². The molecule has 3 atom stereocenters. The van der Waals surface area contributed by atoms with E-state index in [1.54, 1.807) is 0 Å². The number of aliphatic carboxylic acids is 1. The van der Waals surface area contributed by atoms with Crippen LogP contribution >= 0.6 is 0 Å². The summed E-state index contributed by atoms with van der Waals surface area (Å²) in [5.74, 6) is -3.77. The molecule has 0 bridgehead atoms. The third-order valence-electron chi connectivity index (χ3n) is 7.28. The van der Waals surface area contributed by atoms with Crippen LogP contribution < -0.4 is 16.8 Å². The highest BCUT2D eigenvalue weighted by atomic mass is 19.4. The normalized spacial score (nSPS) is 22.2. The Bertz CT molecular complexity index is 1210. The van der Waals surface area contributed by atoms with Gasteiger partial charge in [-0.1, -0.05) is 20.3 Å². The van der Waals surface area contributed by atoms with Crippen LogP contribution in [0.4, 0.5) is 23.2 Å². The number of halogens is 4. The number of carbonyl (C=O) groups is 2. The topological polar surface area (TPSA) is 136 Å². The van der Waals surface area contributed by atoms with Gasteiger partial charge in [0.2, 0.25) is 0 Å². The number of fused-ring (bicyclic) bond motifs is 1. The molecule has 8 nitrogen and oxygen atoms in total. The van der Waals surface area contributed by atoms with Gasteiger partial charge >= 0.3 is 12.1 Å². The van der Waals surface area contributed by atoms with Gasteiger partial charge in [-0.05, 0) is 43.6 Å². The van der Waals surface area contributed by atoms with Gasteiger partial charge in [-0.15, -0.1) is 0 Å². The van der Waals surface area contributed by atoms with Gasteiger partial charge in [0.25, 0.3) is 5.91 Å². The molecule has 36 heavy (non-hydrogen) atoms. The van der Waals surface area contributed by atoms with E-state index in [0.717, 1.165) is 10.7 Å². The SMILES string of the molecule is CC1(C)CCc2c(C(F)(F)F)nn(-c3cc(F)c(C(N)=O)c(NC4CCC[C@H]4C(N)C(=O)O)c3)c2C1. The minimum atomic E-state index is -4.69. The van der Waals surface area contributed by atoms with Gasteiger partial charge in [-0.25, -0.2) is 9.07 Å². The summed E-state index contributed by atoms with van der Waals surface area (Å²) in [6.45, 7) is 3.88. The maximum absolute atomic E-state index is 15.2. The van der Waals surface area contributed by atoms with Gasteiger partial charge in [0, 0.05) is 29.3 Å². The van der Waals surface area contributed by atoms with Crippen LogP contribution in [-0.2, 0) is 23.8 Å². The number of alkyl halides is 3. The van der Waals surface area contributed by atoms with E-state index >= 15 is 4.39 Å². The van der Waals surface area contributed by atoms with Crippen molar-refractivity contribution in [3.8, 4) is 5.69 Å². The zero-order chi connectivity index (χ0) is 26.6. The van der Waals surface area contributed by atoms with Crippen LogP contribution in [-0.4, -0.2) is 38.8 Å². The molecular formula is C24H29F4N5O3. The number of primary amides is 1. The summed E-state index contributed by atoms with van der Waals surface area (Å²) in [4.78, 5) is 23.5. The predicted molar refractivity (Wildman–Crippen MR) is 123 cm³/mol. The molecule has 0 radical (unpaired) electrons. The van der Waals surface area contributed by atoms with Gasteiger partial charge in [0.05, 0.1) is 16.9 Å². The number of anilines is 1. The van der Waals surface area contributed by atoms with E-state index in [1.807, 2.05) is 13.8 Å². The van der Waals surface area contributed by atoms with E-state index in [0.29, 0.717) is 37.8 Å². The standard InChI is InChI=1S/C24H29F4N5O3/c1-23(2)7-6-13-17(10-23)33(32-20(13)24(26,27)28)11-8-14(25)18(21(30)34)16(9-11)31-15-5-3-4-12(15)19(29)22(35)36/h8-9,12,15,19,31H,3-7,10,29H2,1-2H3,(H2,30,34)(H,35,36)/t12-,15?,19?/m1/s1. The lowest BCUT2D eigenvalue weighted by Crippen LogP contribution is -2.44. The fourth-order valence-electron chi connectivity index (χ4n) is 5.44. The number of nitrogens with one attached hydrogen (secondary N) is 1. The maximum Gasteiger partial charge on any atom is 0.435 e. The summed E-state index contributed by atoms with van der Waals surface area (Å²) < 4.78 is 57.7.